The van der Waals surface area contributed by atoms with Gasteiger partial charge in [0.1, 0.15) is 0 Å². The smallest absolute Gasteiger partial charge is 0.185 e. The summed E-state index contributed by atoms with van der Waals surface area (Å²) >= 11 is 1.72. The fraction of sp³-hybridized carbons (Fsp3) is 0.400. The molecule has 0 atom stereocenters. The number of benzene rings is 1. The van der Waals surface area contributed by atoms with E-state index in [0.29, 0.717) is 12.1 Å². The van der Waals surface area contributed by atoms with Crippen molar-refractivity contribution in [3.63, 3.8) is 0 Å². The quantitative estimate of drug-likeness (QED) is 0.790. The zero-order valence-electron chi connectivity index (χ0n) is 11.4. The first kappa shape index (κ1) is 13.1. The molecule has 0 aliphatic carbocycles. The van der Waals surface area contributed by atoms with Gasteiger partial charge in [-0.25, -0.2) is 0 Å². The number of nitrogens with zero attached hydrogens (tertiary/aromatic N) is 2. The molecule has 0 aliphatic rings. The van der Waals surface area contributed by atoms with Gasteiger partial charge in [0, 0.05) is 17.5 Å². The molecule has 1 heterocycles. The van der Waals surface area contributed by atoms with Gasteiger partial charge in [0.05, 0.1) is 5.69 Å². The van der Waals surface area contributed by atoms with Crippen molar-refractivity contribution in [2.75, 3.05) is 0 Å². The lowest BCUT2D eigenvalue weighted by molar-refractivity contribution is 0.580. The molecule has 3 heteroatoms. The van der Waals surface area contributed by atoms with Gasteiger partial charge in [-0.3, -0.25) is 4.99 Å². The van der Waals surface area contributed by atoms with E-state index >= 15 is 0 Å². The molecule has 18 heavy (non-hydrogen) atoms. The zero-order chi connectivity index (χ0) is 13.1. The lowest BCUT2D eigenvalue weighted by Gasteiger charge is -2.13. The lowest BCUT2D eigenvalue weighted by Crippen LogP contribution is -2.19. The van der Waals surface area contributed by atoms with Crippen molar-refractivity contribution in [3.8, 4) is 11.3 Å². The third kappa shape index (κ3) is 2.72. The fourth-order valence-electron chi connectivity index (χ4n) is 1.95. The molecule has 0 saturated carbocycles. The molecule has 0 N–H and O–H groups in total. The summed E-state index contributed by atoms with van der Waals surface area (Å²) in [5, 5.41) is 2.20. The van der Waals surface area contributed by atoms with Gasteiger partial charge in [0.25, 0.3) is 0 Å². The summed E-state index contributed by atoms with van der Waals surface area (Å²) in [6.45, 7) is 8.65. The van der Waals surface area contributed by atoms with Crippen LogP contribution in [-0.4, -0.2) is 10.6 Å². The van der Waals surface area contributed by atoms with Crippen molar-refractivity contribution in [1.29, 1.82) is 0 Å². The SMILES string of the molecule is CC(C)N=c1scc(-c2ccccc2)n1C(C)C. The first-order valence-corrected chi connectivity index (χ1v) is 7.27. The highest BCUT2D eigenvalue weighted by molar-refractivity contribution is 7.07. The second-order valence-electron chi connectivity index (χ2n) is 4.96. The molecule has 0 spiro atoms. The number of thiazole rings is 1. The predicted molar refractivity (Wildman–Crippen MR) is 78.8 cm³/mol. The fourth-order valence-corrected chi connectivity index (χ4v) is 3.11. The minimum atomic E-state index is 0.331. The summed E-state index contributed by atoms with van der Waals surface area (Å²) in [5.41, 5.74) is 2.52. The van der Waals surface area contributed by atoms with Gasteiger partial charge in [-0.1, -0.05) is 30.3 Å². The highest BCUT2D eigenvalue weighted by Crippen LogP contribution is 2.22. The first-order chi connectivity index (χ1) is 8.59. The summed E-state index contributed by atoms with van der Waals surface area (Å²) in [6, 6.07) is 11.3. The minimum absolute atomic E-state index is 0.331. The Bertz CT molecular complexity index is 562. The summed E-state index contributed by atoms with van der Waals surface area (Å²) in [4.78, 5) is 5.82. The Labute approximate surface area is 113 Å². The number of hydrogen-bond acceptors (Lipinski definition) is 2. The molecule has 2 aromatic rings. The molecule has 2 nitrogen and oxygen atoms in total. The third-order valence-electron chi connectivity index (χ3n) is 2.70. The second-order valence-corrected chi connectivity index (χ2v) is 5.79. The van der Waals surface area contributed by atoms with E-state index in [4.69, 9.17) is 4.99 Å². The van der Waals surface area contributed by atoms with Crippen molar-refractivity contribution in [3.05, 3.63) is 40.5 Å². The van der Waals surface area contributed by atoms with E-state index in [1.807, 2.05) is 0 Å². The van der Waals surface area contributed by atoms with Crippen LogP contribution in [0.5, 0.6) is 0 Å². The summed E-state index contributed by atoms with van der Waals surface area (Å²) in [6.07, 6.45) is 0. The Balaban J connectivity index is 2.60. The van der Waals surface area contributed by atoms with E-state index in [-0.39, 0.29) is 0 Å². The van der Waals surface area contributed by atoms with E-state index in [9.17, 15) is 0 Å². The van der Waals surface area contributed by atoms with Gasteiger partial charge in [0.15, 0.2) is 4.80 Å². The van der Waals surface area contributed by atoms with Crippen LogP contribution in [0.25, 0.3) is 11.3 Å². The topological polar surface area (TPSA) is 17.3 Å². The van der Waals surface area contributed by atoms with Crippen LogP contribution in [0.4, 0.5) is 0 Å². The van der Waals surface area contributed by atoms with Crippen LogP contribution < -0.4 is 4.80 Å². The number of aromatic nitrogens is 1. The average Bonchev–Trinajstić information content (AvgIpc) is 2.73. The van der Waals surface area contributed by atoms with Gasteiger partial charge in [-0.15, -0.1) is 11.3 Å². The molecule has 0 saturated heterocycles. The molecule has 0 aliphatic heterocycles. The molecule has 0 radical (unpaired) electrons. The van der Waals surface area contributed by atoms with Crippen LogP contribution in [0, 0.1) is 0 Å². The van der Waals surface area contributed by atoms with Gasteiger partial charge in [0.2, 0.25) is 0 Å². The van der Waals surface area contributed by atoms with Crippen LogP contribution in [0.2, 0.25) is 0 Å². The Morgan fingerprint density at radius 3 is 2.28 bits per heavy atom. The Morgan fingerprint density at radius 2 is 1.72 bits per heavy atom. The van der Waals surface area contributed by atoms with Crippen molar-refractivity contribution in [2.24, 2.45) is 4.99 Å². The molecule has 1 aromatic heterocycles. The molecular formula is C15H20N2S. The molecule has 0 unspecified atom stereocenters. The Hall–Kier alpha value is -1.35. The van der Waals surface area contributed by atoms with Crippen molar-refractivity contribution >= 4 is 11.3 Å². The first-order valence-electron chi connectivity index (χ1n) is 6.39. The van der Waals surface area contributed by atoms with E-state index in [0.717, 1.165) is 4.80 Å². The normalized spacial score (nSPS) is 12.7. The minimum Gasteiger partial charge on any atom is -0.314 e. The molecule has 0 fully saturated rings. The van der Waals surface area contributed by atoms with Gasteiger partial charge >= 0.3 is 0 Å². The largest absolute Gasteiger partial charge is 0.314 e. The predicted octanol–water partition coefficient (Wildman–Crippen LogP) is 4.11. The van der Waals surface area contributed by atoms with Crippen LogP contribution in [0.15, 0.2) is 40.7 Å². The summed E-state index contributed by atoms with van der Waals surface area (Å²) in [7, 11) is 0. The molecule has 0 bridgehead atoms. The number of rotatable bonds is 3. The third-order valence-corrected chi connectivity index (χ3v) is 3.55. The maximum atomic E-state index is 4.71. The lowest BCUT2D eigenvalue weighted by atomic mass is 10.1. The van der Waals surface area contributed by atoms with Crippen molar-refractivity contribution < 1.29 is 0 Å². The van der Waals surface area contributed by atoms with Crippen LogP contribution in [0.1, 0.15) is 33.7 Å². The Morgan fingerprint density at radius 1 is 1.06 bits per heavy atom. The molecule has 1 aromatic carbocycles. The zero-order valence-corrected chi connectivity index (χ0v) is 12.2. The number of hydrogen-bond donors (Lipinski definition) is 0. The Kier molecular flexibility index (Phi) is 4.02. The van der Waals surface area contributed by atoms with Crippen LogP contribution in [0.3, 0.4) is 0 Å². The second kappa shape index (κ2) is 5.53. The summed E-state index contributed by atoms with van der Waals surface area (Å²) in [5.74, 6) is 0. The highest BCUT2D eigenvalue weighted by atomic mass is 32.1. The van der Waals surface area contributed by atoms with Crippen molar-refractivity contribution in [1.82, 2.24) is 4.57 Å². The maximum Gasteiger partial charge on any atom is 0.185 e. The van der Waals surface area contributed by atoms with Gasteiger partial charge < -0.3 is 4.57 Å². The van der Waals surface area contributed by atoms with E-state index in [1.165, 1.54) is 11.3 Å². The van der Waals surface area contributed by atoms with Gasteiger partial charge in [-0.2, -0.15) is 0 Å². The molecular weight excluding hydrogens is 240 g/mol. The average molecular weight is 260 g/mol. The van der Waals surface area contributed by atoms with Crippen molar-refractivity contribution in [2.45, 2.75) is 39.8 Å². The highest BCUT2D eigenvalue weighted by Gasteiger charge is 2.10. The van der Waals surface area contributed by atoms with E-state index in [2.05, 4.69) is 68.0 Å². The standard InChI is InChI=1S/C15H20N2S/c1-11(2)16-15-17(12(3)4)14(10-18-15)13-8-6-5-7-9-13/h5-12H,1-4H3. The monoisotopic (exact) mass is 260 g/mol. The van der Waals surface area contributed by atoms with E-state index in [1.54, 1.807) is 11.3 Å². The molecule has 2 rings (SSSR count). The van der Waals surface area contributed by atoms with E-state index < -0.39 is 0 Å². The molecule has 96 valence electrons. The summed E-state index contributed by atoms with van der Waals surface area (Å²) < 4.78 is 2.32. The maximum absolute atomic E-state index is 4.71. The van der Waals surface area contributed by atoms with Crippen LogP contribution >= 0.6 is 11.3 Å². The van der Waals surface area contributed by atoms with Gasteiger partial charge in [-0.05, 0) is 33.3 Å². The molecule has 0 amide bonds. The van der Waals surface area contributed by atoms with Crippen LogP contribution in [-0.2, 0) is 0 Å².